The zero-order valence-electron chi connectivity index (χ0n) is 9.15. The van der Waals surface area contributed by atoms with E-state index in [-0.39, 0.29) is 0 Å². The highest BCUT2D eigenvalue weighted by molar-refractivity contribution is 9.10. The Balaban J connectivity index is 2.16. The first kappa shape index (κ1) is 11.2. The molecule has 0 bridgehead atoms. The quantitative estimate of drug-likeness (QED) is 0.932. The van der Waals surface area contributed by atoms with Crippen LogP contribution in [0.4, 0.5) is 5.69 Å². The van der Waals surface area contributed by atoms with Crippen molar-refractivity contribution in [3.8, 4) is 0 Å². The summed E-state index contributed by atoms with van der Waals surface area (Å²) in [5.74, 6) is 0. The van der Waals surface area contributed by atoms with Crippen LogP contribution in [-0.4, -0.2) is 16.5 Å². The summed E-state index contributed by atoms with van der Waals surface area (Å²) in [6.07, 6.45) is 3.57. The maximum atomic E-state index is 4.03. The third-order valence-corrected chi connectivity index (χ3v) is 2.96. The molecule has 3 nitrogen and oxygen atoms in total. The van der Waals surface area contributed by atoms with Gasteiger partial charge in [-0.05, 0) is 25.1 Å². The minimum absolute atomic E-state index is 0.854. The van der Waals surface area contributed by atoms with Crippen LogP contribution in [0.1, 0.15) is 12.6 Å². The summed E-state index contributed by atoms with van der Waals surface area (Å²) >= 11 is 3.49. The Bertz CT molecular complexity index is 439. The van der Waals surface area contributed by atoms with Crippen LogP contribution in [0.3, 0.4) is 0 Å². The van der Waals surface area contributed by atoms with E-state index in [1.54, 1.807) is 6.33 Å². The largest absolute Gasteiger partial charge is 0.366 e. The minimum atomic E-state index is 0.854. The van der Waals surface area contributed by atoms with E-state index in [2.05, 4.69) is 55.9 Å². The molecule has 2 rings (SSSR count). The fraction of sp³-hybridized carbons (Fsp3) is 0.250. The van der Waals surface area contributed by atoms with Gasteiger partial charge in [0.05, 0.1) is 18.6 Å². The van der Waals surface area contributed by atoms with Gasteiger partial charge in [0.25, 0.3) is 0 Å². The number of aromatic nitrogens is 2. The second kappa shape index (κ2) is 5.16. The molecule has 0 aliphatic carbocycles. The van der Waals surface area contributed by atoms with Gasteiger partial charge in [0.1, 0.15) is 0 Å². The van der Waals surface area contributed by atoms with Crippen molar-refractivity contribution in [2.45, 2.75) is 13.5 Å². The number of benzene rings is 1. The number of nitrogens with zero attached hydrogens (tertiary/aromatic N) is 2. The number of aromatic amines is 1. The van der Waals surface area contributed by atoms with Crippen LogP contribution >= 0.6 is 15.9 Å². The van der Waals surface area contributed by atoms with Crippen LogP contribution < -0.4 is 4.90 Å². The number of imidazole rings is 1. The molecule has 0 aliphatic rings. The molecular formula is C12H14BrN3. The van der Waals surface area contributed by atoms with Crippen LogP contribution in [0.25, 0.3) is 0 Å². The molecule has 4 heteroatoms. The highest BCUT2D eigenvalue weighted by Gasteiger charge is 2.06. The van der Waals surface area contributed by atoms with Crippen LogP contribution in [0, 0.1) is 0 Å². The van der Waals surface area contributed by atoms with Gasteiger partial charge in [0, 0.05) is 22.9 Å². The van der Waals surface area contributed by atoms with Crippen molar-refractivity contribution >= 4 is 21.6 Å². The summed E-state index contributed by atoms with van der Waals surface area (Å²) < 4.78 is 1.10. The monoisotopic (exact) mass is 279 g/mol. The van der Waals surface area contributed by atoms with Crippen LogP contribution in [0.2, 0.25) is 0 Å². The molecule has 1 heterocycles. The van der Waals surface area contributed by atoms with Gasteiger partial charge in [-0.2, -0.15) is 0 Å². The van der Waals surface area contributed by atoms with E-state index in [9.17, 15) is 0 Å². The normalized spacial score (nSPS) is 10.4. The topological polar surface area (TPSA) is 31.9 Å². The van der Waals surface area contributed by atoms with E-state index < -0.39 is 0 Å². The molecule has 1 aromatic carbocycles. The molecule has 0 spiro atoms. The first-order valence-electron chi connectivity index (χ1n) is 5.27. The fourth-order valence-corrected chi connectivity index (χ4v) is 2.02. The molecule has 0 saturated heterocycles. The minimum Gasteiger partial charge on any atom is -0.366 e. The average molecular weight is 280 g/mol. The van der Waals surface area contributed by atoms with Crippen LogP contribution in [0.15, 0.2) is 41.3 Å². The summed E-state index contributed by atoms with van der Waals surface area (Å²) in [6, 6.07) is 8.33. The van der Waals surface area contributed by atoms with E-state index in [1.807, 2.05) is 12.3 Å². The smallest absolute Gasteiger partial charge is 0.0922 e. The van der Waals surface area contributed by atoms with Gasteiger partial charge >= 0.3 is 0 Å². The summed E-state index contributed by atoms with van der Waals surface area (Å²) in [7, 11) is 0. The third kappa shape index (κ3) is 2.64. The van der Waals surface area contributed by atoms with Crippen molar-refractivity contribution in [3.05, 3.63) is 47.0 Å². The maximum absolute atomic E-state index is 4.03. The molecule has 0 amide bonds. The summed E-state index contributed by atoms with van der Waals surface area (Å²) in [5, 5.41) is 0. The molecule has 0 radical (unpaired) electrons. The maximum Gasteiger partial charge on any atom is 0.0922 e. The van der Waals surface area contributed by atoms with Gasteiger partial charge in [0.15, 0.2) is 0 Å². The SMILES string of the molecule is CCN(Cc1cnc[nH]1)c1cccc(Br)c1. The molecule has 0 saturated carbocycles. The zero-order valence-corrected chi connectivity index (χ0v) is 10.7. The van der Waals surface area contributed by atoms with Crippen molar-refractivity contribution in [2.24, 2.45) is 0 Å². The van der Waals surface area contributed by atoms with Crippen molar-refractivity contribution in [1.29, 1.82) is 0 Å². The molecular weight excluding hydrogens is 266 g/mol. The van der Waals surface area contributed by atoms with E-state index in [0.29, 0.717) is 0 Å². The van der Waals surface area contributed by atoms with Gasteiger partial charge in [-0.1, -0.05) is 22.0 Å². The Kier molecular flexibility index (Phi) is 3.62. The van der Waals surface area contributed by atoms with Crippen molar-refractivity contribution in [2.75, 3.05) is 11.4 Å². The lowest BCUT2D eigenvalue weighted by Crippen LogP contribution is -2.22. The van der Waals surface area contributed by atoms with Gasteiger partial charge in [-0.25, -0.2) is 4.98 Å². The molecule has 1 N–H and O–H groups in total. The first-order valence-corrected chi connectivity index (χ1v) is 6.06. The van der Waals surface area contributed by atoms with Gasteiger partial charge < -0.3 is 9.88 Å². The Morgan fingerprint density at radius 1 is 1.44 bits per heavy atom. The van der Waals surface area contributed by atoms with E-state index in [1.165, 1.54) is 5.69 Å². The number of hydrogen-bond donors (Lipinski definition) is 1. The van der Waals surface area contributed by atoms with Crippen molar-refractivity contribution in [3.63, 3.8) is 0 Å². The fourth-order valence-electron chi connectivity index (χ4n) is 1.64. The first-order chi connectivity index (χ1) is 7.79. The van der Waals surface area contributed by atoms with Crippen molar-refractivity contribution < 1.29 is 0 Å². The number of anilines is 1. The highest BCUT2D eigenvalue weighted by atomic mass is 79.9. The Hall–Kier alpha value is -1.29. The Morgan fingerprint density at radius 3 is 2.94 bits per heavy atom. The predicted molar refractivity (Wildman–Crippen MR) is 69.5 cm³/mol. The second-order valence-electron chi connectivity index (χ2n) is 3.57. The van der Waals surface area contributed by atoms with E-state index >= 15 is 0 Å². The molecule has 84 valence electrons. The average Bonchev–Trinajstić information content (AvgIpc) is 2.78. The standard InChI is InChI=1S/C12H14BrN3/c1-2-16(8-11-7-14-9-15-11)12-5-3-4-10(13)6-12/h3-7,9H,2,8H2,1H3,(H,14,15). The van der Waals surface area contributed by atoms with Gasteiger partial charge in [-0.15, -0.1) is 0 Å². The number of hydrogen-bond acceptors (Lipinski definition) is 2. The molecule has 1 aromatic heterocycles. The second-order valence-corrected chi connectivity index (χ2v) is 4.49. The van der Waals surface area contributed by atoms with E-state index in [4.69, 9.17) is 0 Å². The van der Waals surface area contributed by atoms with Crippen LogP contribution in [-0.2, 0) is 6.54 Å². The van der Waals surface area contributed by atoms with E-state index in [0.717, 1.165) is 23.3 Å². The summed E-state index contributed by atoms with van der Waals surface area (Å²) in [6.45, 7) is 3.97. The lowest BCUT2D eigenvalue weighted by Gasteiger charge is -2.22. The molecule has 0 aliphatic heterocycles. The van der Waals surface area contributed by atoms with Crippen molar-refractivity contribution in [1.82, 2.24) is 9.97 Å². The van der Waals surface area contributed by atoms with Gasteiger partial charge in [0.2, 0.25) is 0 Å². The zero-order chi connectivity index (χ0) is 11.4. The molecule has 16 heavy (non-hydrogen) atoms. The number of rotatable bonds is 4. The Morgan fingerprint density at radius 2 is 2.31 bits per heavy atom. The Labute approximate surface area is 104 Å². The lowest BCUT2D eigenvalue weighted by atomic mass is 10.2. The lowest BCUT2D eigenvalue weighted by molar-refractivity contribution is 0.814. The third-order valence-electron chi connectivity index (χ3n) is 2.47. The predicted octanol–water partition coefficient (Wildman–Crippen LogP) is 3.20. The molecule has 0 atom stereocenters. The van der Waals surface area contributed by atoms with Gasteiger partial charge in [-0.3, -0.25) is 0 Å². The number of H-pyrrole nitrogens is 1. The number of nitrogens with one attached hydrogen (secondary N) is 1. The summed E-state index contributed by atoms with van der Waals surface area (Å²) in [5.41, 5.74) is 2.34. The molecule has 0 unspecified atom stereocenters. The molecule has 2 aromatic rings. The highest BCUT2D eigenvalue weighted by Crippen LogP contribution is 2.20. The van der Waals surface area contributed by atoms with Crippen LogP contribution in [0.5, 0.6) is 0 Å². The molecule has 0 fully saturated rings. The number of halogens is 1. The summed E-state index contributed by atoms with van der Waals surface area (Å²) in [4.78, 5) is 9.44.